The number of halogens is 1. The molecular weight excluding hydrogens is 238 g/mol. The summed E-state index contributed by atoms with van der Waals surface area (Å²) < 4.78 is 4.80. The zero-order chi connectivity index (χ0) is 12.3. The van der Waals surface area contributed by atoms with Gasteiger partial charge in [-0.1, -0.05) is 30.3 Å². The minimum Gasteiger partial charge on any atom is -0.468 e. The van der Waals surface area contributed by atoms with Gasteiger partial charge in [0, 0.05) is 25.5 Å². The van der Waals surface area contributed by atoms with E-state index in [1.807, 2.05) is 18.2 Å². The quantitative estimate of drug-likeness (QED) is 0.606. The zero-order valence-electron chi connectivity index (χ0n) is 9.86. The first kappa shape index (κ1) is 12.4. The highest BCUT2D eigenvalue weighted by Gasteiger charge is 2.49. The molecule has 0 saturated carbocycles. The van der Waals surface area contributed by atoms with Crippen LogP contribution in [0, 0.1) is 5.41 Å². The first-order chi connectivity index (χ1) is 8.20. The van der Waals surface area contributed by atoms with Crippen LogP contribution in [0.4, 0.5) is 0 Å². The van der Waals surface area contributed by atoms with Gasteiger partial charge in [0.25, 0.3) is 0 Å². The van der Waals surface area contributed by atoms with Gasteiger partial charge < -0.3 is 4.74 Å². The van der Waals surface area contributed by atoms with E-state index in [-0.39, 0.29) is 5.97 Å². The molecule has 1 fully saturated rings. The van der Waals surface area contributed by atoms with Crippen molar-refractivity contribution in [3.8, 4) is 0 Å². The molecule has 1 aromatic rings. The maximum atomic E-state index is 11.6. The fourth-order valence-electron chi connectivity index (χ4n) is 2.25. The van der Waals surface area contributed by atoms with E-state index in [0.29, 0.717) is 19.0 Å². The normalized spacial score (nSPS) is 18.5. The molecule has 0 radical (unpaired) electrons. The lowest BCUT2D eigenvalue weighted by atomic mass is 9.81. The number of nitrogens with zero attached hydrogens (tertiary/aromatic N) is 1. The molecule has 1 saturated heterocycles. The van der Waals surface area contributed by atoms with Gasteiger partial charge in [0.15, 0.2) is 0 Å². The third-order valence-corrected chi connectivity index (χ3v) is 3.69. The average molecular weight is 254 g/mol. The molecule has 0 aromatic heterocycles. The second-order valence-electron chi connectivity index (χ2n) is 4.54. The number of rotatable bonds is 4. The van der Waals surface area contributed by atoms with Crippen LogP contribution in [-0.4, -0.2) is 36.9 Å². The summed E-state index contributed by atoms with van der Waals surface area (Å²) >= 11 is 5.87. The molecule has 2 rings (SSSR count). The molecule has 92 valence electrons. The summed E-state index contributed by atoms with van der Waals surface area (Å²) in [7, 11) is 1.41. The number of ether oxygens (including phenoxy) is 1. The molecule has 1 aliphatic rings. The number of alkyl halides is 1. The minimum atomic E-state index is -0.495. The lowest BCUT2D eigenvalue weighted by molar-refractivity contribution is -0.162. The van der Waals surface area contributed by atoms with Crippen molar-refractivity contribution in [2.75, 3.05) is 26.1 Å². The molecule has 17 heavy (non-hydrogen) atoms. The maximum Gasteiger partial charge on any atom is 0.315 e. The predicted octanol–water partition coefficient (Wildman–Crippen LogP) is 1.90. The van der Waals surface area contributed by atoms with Crippen molar-refractivity contribution in [1.29, 1.82) is 0 Å². The highest BCUT2D eigenvalue weighted by molar-refractivity contribution is 6.20. The summed E-state index contributed by atoms with van der Waals surface area (Å²) in [5.74, 6) is 0.127. The van der Waals surface area contributed by atoms with Crippen molar-refractivity contribution in [3.63, 3.8) is 0 Å². The Morgan fingerprint density at radius 2 is 2.06 bits per heavy atom. The molecule has 0 aliphatic carbocycles. The Balaban J connectivity index is 1.92. The largest absolute Gasteiger partial charge is 0.468 e. The number of likely N-dealkylation sites (tertiary alicyclic amines) is 1. The van der Waals surface area contributed by atoms with E-state index in [1.54, 1.807) is 0 Å². The van der Waals surface area contributed by atoms with Crippen LogP contribution < -0.4 is 0 Å². The lowest BCUT2D eigenvalue weighted by Gasteiger charge is -2.46. The molecule has 1 heterocycles. The van der Waals surface area contributed by atoms with Crippen LogP contribution in [-0.2, 0) is 16.1 Å². The minimum absolute atomic E-state index is 0.197. The second kappa shape index (κ2) is 5.07. The summed E-state index contributed by atoms with van der Waals surface area (Å²) in [6.45, 7) is 2.21. The monoisotopic (exact) mass is 253 g/mol. The molecule has 1 aliphatic heterocycles. The summed E-state index contributed by atoms with van der Waals surface area (Å²) in [4.78, 5) is 13.8. The fourth-order valence-corrected chi connectivity index (χ4v) is 2.53. The molecule has 1 aromatic carbocycles. The number of hydrogen-bond acceptors (Lipinski definition) is 3. The van der Waals surface area contributed by atoms with E-state index in [4.69, 9.17) is 16.3 Å². The molecule has 0 atom stereocenters. The van der Waals surface area contributed by atoms with Gasteiger partial charge in [-0.15, -0.1) is 11.6 Å². The molecule has 3 nitrogen and oxygen atoms in total. The Labute approximate surface area is 106 Å². The molecule has 0 bridgehead atoms. The van der Waals surface area contributed by atoms with E-state index in [9.17, 15) is 4.79 Å². The van der Waals surface area contributed by atoms with E-state index in [0.717, 1.165) is 6.54 Å². The van der Waals surface area contributed by atoms with Gasteiger partial charge in [0.1, 0.15) is 5.41 Å². The summed E-state index contributed by atoms with van der Waals surface area (Å²) in [5.41, 5.74) is 0.756. The van der Waals surface area contributed by atoms with Crippen molar-refractivity contribution in [1.82, 2.24) is 4.90 Å². The third kappa shape index (κ3) is 2.45. The average Bonchev–Trinajstić information content (AvgIpc) is 2.33. The van der Waals surface area contributed by atoms with Gasteiger partial charge >= 0.3 is 5.97 Å². The van der Waals surface area contributed by atoms with Gasteiger partial charge in [-0.05, 0) is 5.56 Å². The zero-order valence-corrected chi connectivity index (χ0v) is 10.6. The standard InChI is InChI=1S/C13H16ClNO2/c1-17-12(16)13(8-14)9-15(10-13)7-11-5-3-2-4-6-11/h2-6H,7-10H2,1H3. The van der Waals surface area contributed by atoms with Gasteiger partial charge in [0.05, 0.1) is 7.11 Å². The summed E-state index contributed by atoms with van der Waals surface area (Å²) in [6.07, 6.45) is 0. The molecule has 0 N–H and O–H groups in total. The molecule has 0 amide bonds. The fraction of sp³-hybridized carbons (Fsp3) is 0.462. The maximum absolute atomic E-state index is 11.6. The van der Waals surface area contributed by atoms with Crippen LogP contribution in [0.3, 0.4) is 0 Å². The van der Waals surface area contributed by atoms with Crippen LogP contribution in [0.5, 0.6) is 0 Å². The number of methoxy groups -OCH3 is 1. The van der Waals surface area contributed by atoms with Gasteiger partial charge in [0.2, 0.25) is 0 Å². The first-order valence-electron chi connectivity index (χ1n) is 5.61. The number of hydrogen-bond donors (Lipinski definition) is 0. The van der Waals surface area contributed by atoms with Gasteiger partial charge in [-0.25, -0.2) is 0 Å². The van der Waals surface area contributed by atoms with Gasteiger partial charge in [-0.2, -0.15) is 0 Å². The van der Waals surface area contributed by atoms with E-state index >= 15 is 0 Å². The number of benzene rings is 1. The third-order valence-electron chi connectivity index (χ3n) is 3.18. The van der Waals surface area contributed by atoms with Crippen molar-refractivity contribution in [2.24, 2.45) is 5.41 Å². The van der Waals surface area contributed by atoms with Gasteiger partial charge in [-0.3, -0.25) is 9.69 Å². The Kier molecular flexibility index (Phi) is 3.69. The second-order valence-corrected chi connectivity index (χ2v) is 4.80. The molecular formula is C13H16ClNO2. The lowest BCUT2D eigenvalue weighted by Crippen LogP contribution is -2.61. The molecule has 0 unspecified atom stereocenters. The number of carbonyl (C=O) groups excluding carboxylic acids is 1. The highest BCUT2D eigenvalue weighted by atomic mass is 35.5. The van der Waals surface area contributed by atoms with Crippen LogP contribution in [0.2, 0.25) is 0 Å². The van der Waals surface area contributed by atoms with E-state index in [2.05, 4.69) is 17.0 Å². The smallest absolute Gasteiger partial charge is 0.315 e. The summed E-state index contributed by atoms with van der Waals surface area (Å²) in [5, 5.41) is 0. The number of carbonyl (C=O) groups is 1. The molecule has 0 spiro atoms. The van der Waals surface area contributed by atoms with Crippen LogP contribution in [0.1, 0.15) is 5.56 Å². The Morgan fingerprint density at radius 3 is 2.59 bits per heavy atom. The highest BCUT2D eigenvalue weighted by Crippen LogP contribution is 2.34. The van der Waals surface area contributed by atoms with Crippen LogP contribution >= 0.6 is 11.6 Å². The predicted molar refractivity (Wildman–Crippen MR) is 66.9 cm³/mol. The van der Waals surface area contributed by atoms with Crippen LogP contribution in [0.15, 0.2) is 30.3 Å². The van der Waals surface area contributed by atoms with E-state index in [1.165, 1.54) is 12.7 Å². The topological polar surface area (TPSA) is 29.5 Å². The van der Waals surface area contributed by atoms with Crippen molar-refractivity contribution in [2.45, 2.75) is 6.54 Å². The summed E-state index contributed by atoms with van der Waals surface area (Å²) in [6, 6.07) is 10.2. The van der Waals surface area contributed by atoms with E-state index < -0.39 is 5.41 Å². The Hall–Kier alpha value is -1.06. The van der Waals surface area contributed by atoms with Crippen molar-refractivity contribution in [3.05, 3.63) is 35.9 Å². The first-order valence-corrected chi connectivity index (χ1v) is 6.14. The van der Waals surface area contributed by atoms with Crippen molar-refractivity contribution < 1.29 is 9.53 Å². The molecule has 4 heteroatoms. The number of esters is 1. The SMILES string of the molecule is COC(=O)C1(CCl)CN(Cc2ccccc2)C1. The van der Waals surface area contributed by atoms with Crippen LogP contribution in [0.25, 0.3) is 0 Å². The van der Waals surface area contributed by atoms with Crippen molar-refractivity contribution >= 4 is 17.6 Å². The Bertz CT molecular complexity index is 388. The Morgan fingerprint density at radius 1 is 1.41 bits per heavy atom.